The first-order valence-corrected chi connectivity index (χ1v) is 6.72. The Balaban J connectivity index is 2.33. The molecule has 4 heteroatoms. The fourth-order valence-corrected chi connectivity index (χ4v) is 2.78. The summed E-state index contributed by atoms with van der Waals surface area (Å²) in [5.74, 6) is 0.0924. The summed E-state index contributed by atoms with van der Waals surface area (Å²) in [5.41, 5.74) is 0.753. The third-order valence-electron chi connectivity index (χ3n) is 3.09. The Kier molecular flexibility index (Phi) is 3.71. The van der Waals surface area contributed by atoms with E-state index >= 15 is 0 Å². The van der Waals surface area contributed by atoms with E-state index in [1.165, 1.54) is 11.8 Å². The van der Waals surface area contributed by atoms with Crippen LogP contribution in [0.3, 0.4) is 0 Å². The van der Waals surface area contributed by atoms with Crippen LogP contribution in [0.2, 0.25) is 0 Å². The van der Waals surface area contributed by atoms with Crippen molar-refractivity contribution in [3.63, 3.8) is 0 Å². The zero-order valence-electron chi connectivity index (χ0n) is 9.29. The molecular formula is C12H16FNOS. The molecule has 1 aromatic carbocycles. The van der Waals surface area contributed by atoms with Crippen LogP contribution in [0.5, 0.6) is 5.75 Å². The minimum absolute atomic E-state index is 0.0442. The lowest BCUT2D eigenvalue weighted by Crippen LogP contribution is -2.27. The van der Waals surface area contributed by atoms with Crippen molar-refractivity contribution >= 4 is 11.8 Å². The van der Waals surface area contributed by atoms with Gasteiger partial charge in [0.2, 0.25) is 0 Å². The molecule has 0 radical (unpaired) electrons. The van der Waals surface area contributed by atoms with Gasteiger partial charge in [-0.1, -0.05) is 6.07 Å². The predicted molar refractivity (Wildman–Crippen MR) is 64.7 cm³/mol. The zero-order chi connectivity index (χ0) is 11.5. The molecule has 0 bridgehead atoms. The van der Waals surface area contributed by atoms with Gasteiger partial charge >= 0.3 is 0 Å². The number of hydrogen-bond donors (Lipinski definition) is 2. The average Bonchev–Trinajstić information content (AvgIpc) is 2.31. The topological polar surface area (TPSA) is 32.3 Å². The molecule has 1 saturated heterocycles. The third kappa shape index (κ3) is 2.18. The Hall–Kier alpha value is -0.740. The molecule has 0 saturated carbocycles. The molecule has 2 nitrogen and oxygen atoms in total. The van der Waals surface area contributed by atoms with E-state index in [4.69, 9.17) is 0 Å². The second-order valence-electron chi connectivity index (χ2n) is 4.05. The molecule has 1 aliphatic heterocycles. The number of hydrogen-bond acceptors (Lipinski definition) is 3. The van der Waals surface area contributed by atoms with Crippen LogP contribution in [0.1, 0.15) is 24.3 Å². The Labute approximate surface area is 99.2 Å². The van der Waals surface area contributed by atoms with Crippen LogP contribution in [0.4, 0.5) is 4.39 Å². The second-order valence-corrected chi connectivity index (χ2v) is 4.86. The molecule has 1 heterocycles. The molecule has 1 aliphatic rings. The maximum absolute atomic E-state index is 14.1. The molecule has 0 amide bonds. The van der Waals surface area contributed by atoms with E-state index in [2.05, 4.69) is 5.32 Å². The average molecular weight is 241 g/mol. The third-order valence-corrected chi connectivity index (χ3v) is 3.89. The minimum atomic E-state index is -0.237. The van der Waals surface area contributed by atoms with Gasteiger partial charge in [0, 0.05) is 0 Å². The van der Waals surface area contributed by atoms with Crippen molar-refractivity contribution in [3.8, 4) is 5.75 Å². The van der Waals surface area contributed by atoms with E-state index < -0.39 is 0 Å². The first-order chi connectivity index (χ1) is 7.74. The molecular weight excluding hydrogens is 225 g/mol. The number of benzene rings is 1. The highest BCUT2D eigenvalue weighted by atomic mass is 32.2. The zero-order valence-corrected chi connectivity index (χ0v) is 10.1. The van der Waals surface area contributed by atoms with Gasteiger partial charge in [-0.3, -0.25) is 0 Å². The lowest BCUT2D eigenvalue weighted by molar-refractivity contribution is 0.425. The van der Waals surface area contributed by atoms with Gasteiger partial charge in [0.15, 0.2) is 0 Å². The van der Waals surface area contributed by atoms with Crippen molar-refractivity contribution in [2.45, 2.75) is 23.7 Å². The van der Waals surface area contributed by atoms with Crippen LogP contribution in [0.15, 0.2) is 17.0 Å². The van der Waals surface area contributed by atoms with Crippen LogP contribution in [0, 0.1) is 5.82 Å². The molecule has 0 spiro atoms. The number of phenols is 1. The van der Waals surface area contributed by atoms with Crippen molar-refractivity contribution in [1.29, 1.82) is 0 Å². The molecule has 0 atom stereocenters. The fraction of sp³-hybridized carbons (Fsp3) is 0.500. The van der Waals surface area contributed by atoms with E-state index in [9.17, 15) is 9.50 Å². The normalized spacial score (nSPS) is 17.6. The fourth-order valence-electron chi connectivity index (χ4n) is 2.20. The number of thioether (sulfide) groups is 1. The second kappa shape index (κ2) is 5.06. The van der Waals surface area contributed by atoms with E-state index in [1.54, 1.807) is 18.4 Å². The molecule has 0 aliphatic carbocycles. The predicted octanol–water partition coefficient (Wildman–Crippen LogP) is 2.72. The molecule has 16 heavy (non-hydrogen) atoms. The lowest BCUT2D eigenvalue weighted by Gasteiger charge is -2.24. The van der Waals surface area contributed by atoms with Crippen LogP contribution < -0.4 is 5.32 Å². The summed E-state index contributed by atoms with van der Waals surface area (Å²) >= 11 is 1.26. The van der Waals surface area contributed by atoms with Crippen LogP contribution in [-0.2, 0) is 0 Å². The monoisotopic (exact) mass is 241 g/mol. The highest BCUT2D eigenvalue weighted by molar-refractivity contribution is 7.98. The standard InChI is InChI=1S/C12H16FNOS/c1-16-12-10(15)3-2-9(11(12)13)8-4-6-14-7-5-8/h2-3,8,14-15H,4-7H2,1H3. The van der Waals surface area contributed by atoms with Crippen LogP contribution >= 0.6 is 11.8 Å². The number of halogens is 1. The number of nitrogens with one attached hydrogen (secondary N) is 1. The largest absolute Gasteiger partial charge is 0.507 e. The van der Waals surface area contributed by atoms with Gasteiger partial charge in [-0.25, -0.2) is 4.39 Å². The molecule has 0 aromatic heterocycles. The van der Waals surface area contributed by atoms with Gasteiger partial charge in [-0.2, -0.15) is 0 Å². The molecule has 88 valence electrons. The lowest BCUT2D eigenvalue weighted by atomic mass is 9.90. The van der Waals surface area contributed by atoms with Crippen molar-refractivity contribution in [2.24, 2.45) is 0 Å². The first kappa shape index (κ1) is 11.7. The summed E-state index contributed by atoms with van der Waals surface area (Å²) in [5, 5.41) is 12.8. The van der Waals surface area contributed by atoms with Gasteiger partial charge in [-0.05, 0) is 49.7 Å². The Bertz CT molecular complexity index is 378. The smallest absolute Gasteiger partial charge is 0.143 e. The highest BCUT2D eigenvalue weighted by Gasteiger charge is 2.21. The molecule has 2 N–H and O–H groups in total. The quantitative estimate of drug-likeness (QED) is 0.781. The van der Waals surface area contributed by atoms with Gasteiger partial charge in [0.25, 0.3) is 0 Å². The maximum Gasteiger partial charge on any atom is 0.143 e. The summed E-state index contributed by atoms with van der Waals surface area (Å²) < 4.78 is 14.1. The van der Waals surface area contributed by atoms with Crippen molar-refractivity contribution in [1.82, 2.24) is 5.32 Å². The number of piperidine rings is 1. The van der Waals surface area contributed by atoms with E-state index in [0.717, 1.165) is 31.5 Å². The molecule has 1 fully saturated rings. The van der Waals surface area contributed by atoms with Gasteiger partial charge < -0.3 is 10.4 Å². The summed E-state index contributed by atoms with van der Waals surface area (Å²) in [6, 6.07) is 3.33. The molecule has 2 rings (SSSR count). The van der Waals surface area contributed by atoms with Crippen LogP contribution in [0.25, 0.3) is 0 Å². The van der Waals surface area contributed by atoms with Crippen molar-refractivity contribution < 1.29 is 9.50 Å². The summed E-state index contributed by atoms with van der Waals surface area (Å²) in [6.45, 7) is 1.89. The minimum Gasteiger partial charge on any atom is -0.507 e. The summed E-state index contributed by atoms with van der Waals surface area (Å²) in [4.78, 5) is 0.371. The number of aromatic hydroxyl groups is 1. The summed E-state index contributed by atoms with van der Waals surface area (Å²) in [6.07, 6.45) is 3.72. The molecule has 0 unspecified atom stereocenters. The Morgan fingerprint density at radius 3 is 2.69 bits per heavy atom. The number of phenolic OH excluding ortho intramolecular Hbond substituents is 1. The van der Waals surface area contributed by atoms with Crippen LogP contribution in [-0.4, -0.2) is 24.5 Å². The van der Waals surface area contributed by atoms with Gasteiger partial charge in [0.1, 0.15) is 11.6 Å². The number of rotatable bonds is 2. The van der Waals surface area contributed by atoms with Gasteiger partial charge in [-0.15, -0.1) is 11.8 Å². The molecule has 1 aromatic rings. The van der Waals surface area contributed by atoms with Crippen molar-refractivity contribution in [2.75, 3.05) is 19.3 Å². The van der Waals surface area contributed by atoms with E-state index in [1.807, 2.05) is 0 Å². The first-order valence-electron chi connectivity index (χ1n) is 5.50. The van der Waals surface area contributed by atoms with Gasteiger partial charge in [0.05, 0.1) is 4.90 Å². The maximum atomic E-state index is 14.1. The SMILES string of the molecule is CSc1c(O)ccc(C2CCNCC2)c1F. The Morgan fingerprint density at radius 1 is 1.38 bits per heavy atom. The van der Waals surface area contributed by atoms with E-state index in [0.29, 0.717) is 4.90 Å². The highest BCUT2D eigenvalue weighted by Crippen LogP contribution is 2.36. The van der Waals surface area contributed by atoms with E-state index in [-0.39, 0.29) is 17.5 Å². The van der Waals surface area contributed by atoms with Crippen molar-refractivity contribution in [3.05, 3.63) is 23.5 Å². The Morgan fingerprint density at radius 2 is 2.06 bits per heavy atom. The summed E-state index contributed by atoms with van der Waals surface area (Å²) in [7, 11) is 0.